The summed E-state index contributed by atoms with van der Waals surface area (Å²) < 4.78 is 31.2. The van der Waals surface area contributed by atoms with E-state index in [-0.39, 0.29) is 18.5 Å². The maximum Gasteiger partial charge on any atom is 0.324 e. The minimum Gasteiger partial charge on any atom is -0.480 e. The Labute approximate surface area is 108 Å². The van der Waals surface area contributed by atoms with Gasteiger partial charge in [0, 0.05) is 0 Å². The van der Waals surface area contributed by atoms with Gasteiger partial charge >= 0.3 is 5.97 Å². The van der Waals surface area contributed by atoms with Gasteiger partial charge in [0.1, 0.15) is 5.54 Å². The lowest BCUT2D eigenvalue weighted by molar-refractivity contribution is -0.143. The van der Waals surface area contributed by atoms with Crippen molar-refractivity contribution >= 4 is 16.0 Å². The number of carbonyl (C=O) groups is 1. The molecule has 0 saturated heterocycles. The summed E-state index contributed by atoms with van der Waals surface area (Å²) in [5.74, 6) is -1.30. The van der Waals surface area contributed by atoms with E-state index in [1.165, 1.54) is 0 Å². The van der Waals surface area contributed by atoms with E-state index in [1.54, 1.807) is 0 Å². The van der Waals surface area contributed by atoms with Gasteiger partial charge in [-0.15, -0.1) is 0 Å². The molecule has 1 aliphatic rings. The normalized spacial score (nSPS) is 19.3. The molecule has 0 spiro atoms. The Balaban J connectivity index is 2.60. The summed E-state index contributed by atoms with van der Waals surface area (Å²) in [4.78, 5) is 11.2. The van der Waals surface area contributed by atoms with Gasteiger partial charge in [-0.1, -0.05) is 12.8 Å². The van der Waals surface area contributed by atoms with Crippen LogP contribution in [-0.2, 0) is 19.6 Å². The number of nitrogens with one attached hydrogen (secondary N) is 1. The van der Waals surface area contributed by atoms with Crippen molar-refractivity contribution < 1.29 is 23.1 Å². The van der Waals surface area contributed by atoms with Crippen LogP contribution in [-0.4, -0.2) is 43.5 Å². The first-order valence-corrected chi connectivity index (χ1v) is 7.79. The van der Waals surface area contributed by atoms with Gasteiger partial charge in [-0.2, -0.15) is 4.72 Å². The van der Waals surface area contributed by atoms with E-state index < -0.39 is 21.5 Å². The molecule has 0 aliphatic heterocycles. The standard InChI is InChI=1S/C11H21NO5S/c1-9(2)17-7-8-18(15,16)12-11(10(13)14)5-3-4-6-11/h9,12H,3-8H2,1-2H3,(H,13,14). The quantitative estimate of drug-likeness (QED) is 0.716. The number of carboxylic acid groups (broad SMARTS) is 1. The van der Waals surface area contributed by atoms with Crippen LogP contribution in [0, 0.1) is 0 Å². The Morgan fingerprint density at radius 1 is 1.39 bits per heavy atom. The molecule has 6 nitrogen and oxygen atoms in total. The van der Waals surface area contributed by atoms with Crippen molar-refractivity contribution in [2.75, 3.05) is 12.4 Å². The first-order chi connectivity index (χ1) is 8.27. The molecule has 2 N–H and O–H groups in total. The lowest BCUT2D eigenvalue weighted by Crippen LogP contribution is -2.53. The fourth-order valence-electron chi connectivity index (χ4n) is 2.08. The fourth-order valence-corrected chi connectivity index (χ4v) is 3.38. The van der Waals surface area contributed by atoms with Crippen molar-refractivity contribution in [3.8, 4) is 0 Å². The van der Waals surface area contributed by atoms with Crippen LogP contribution in [0.5, 0.6) is 0 Å². The van der Waals surface area contributed by atoms with Gasteiger partial charge in [-0.05, 0) is 26.7 Å². The number of sulfonamides is 1. The Bertz CT molecular complexity index is 384. The van der Waals surface area contributed by atoms with Crippen LogP contribution in [0.15, 0.2) is 0 Å². The van der Waals surface area contributed by atoms with Gasteiger partial charge in [0.2, 0.25) is 10.0 Å². The summed E-state index contributed by atoms with van der Waals surface area (Å²) in [5.41, 5.74) is -1.31. The molecule has 18 heavy (non-hydrogen) atoms. The molecule has 0 aromatic heterocycles. The number of rotatable bonds is 7. The molecule has 106 valence electrons. The summed E-state index contributed by atoms with van der Waals surface area (Å²) in [6.07, 6.45) is 2.13. The summed E-state index contributed by atoms with van der Waals surface area (Å²) in [6.45, 7) is 3.70. The van der Waals surface area contributed by atoms with Crippen molar-refractivity contribution in [2.24, 2.45) is 0 Å². The van der Waals surface area contributed by atoms with E-state index in [0.717, 1.165) is 12.8 Å². The third kappa shape index (κ3) is 4.22. The topological polar surface area (TPSA) is 92.7 Å². The largest absolute Gasteiger partial charge is 0.480 e. The van der Waals surface area contributed by atoms with Crippen LogP contribution in [0.3, 0.4) is 0 Å². The minimum atomic E-state index is -3.62. The van der Waals surface area contributed by atoms with Crippen LogP contribution in [0.2, 0.25) is 0 Å². The van der Waals surface area contributed by atoms with Crippen LogP contribution in [0.1, 0.15) is 39.5 Å². The van der Waals surface area contributed by atoms with E-state index in [2.05, 4.69) is 4.72 Å². The lowest BCUT2D eigenvalue weighted by Gasteiger charge is -2.25. The highest BCUT2D eigenvalue weighted by Gasteiger charge is 2.44. The molecule has 0 amide bonds. The lowest BCUT2D eigenvalue weighted by atomic mass is 10.0. The SMILES string of the molecule is CC(C)OCCS(=O)(=O)NC1(C(=O)O)CCCC1. The molecule has 1 rings (SSSR count). The summed E-state index contributed by atoms with van der Waals surface area (Å²) >= 11 is 0. The number of carboxylic acids is 1. The number of aliphatic carboxylic acids is 1. The molecule has 1 fully saturated rings. The van der Waals surface area contributed by atoms with Crippen molar-refractivity contribution in [3.05, 3.63) is 0 Å². The summed E-state index contributed by atoms with van der Waals surface area (Å²) in [7, 11) is -3.62. The first-order valence-electron chi connectivity index (χ1n) is 6.14. The summed E-state index contributed by atoms with van der Waals surface area (Å²) in [5, 5.41) is 9.18. The zero-order valence-electron chi connectivity index (χ0n) is 10.8. The minimum absolute atomic E-state index is 0.0416. The molecule has 7 heteroatoms. The average Bonchev–Trinajstić information content (AvgIpc) is 2.65. The maximum atomic E-state index is 11.8. The second-order valence-corrected chi connectivity index (χ2v) is 6.78. The zero-order valence-corrected chi connectivity index (χ0v) is 11.6. The Kier molecular flexibility index (Phi) is 5.12. The molecule has 0 unspecified atom stereocenters. The molecule has 0 aromatic carbocycles. The molecular weight excluding hydrogens is 258 g/mol. The number of ether oxygens (including phenoxy) is 1. The first kappa shape index (κ1) is 15.4. The Morgan fingerprint density at radius 3 is 2.39 bits per heavy atom. The van der Waals surface area contributed by atoms with Crippen LogP contribution < -0.4 is 4.72 Å². The predicted molar refractivity (Wildman–Crippen MR) is 66.8 cm³/mol. The Morgan fingerprint density at radius 2 is 1.94 bits per heavy atom. The van der Waals surface area contributed by atoms with E-state index in [9.17, 15) is 18.3 Å². The van der Waals surface area contributed by atoms with Crippen molar-refractivity contribution in [1.29, 1.82) is 0 Å². The highest BCUT2D eigenvalue weighted by atomic mass is 32.2. The molecule has 0 atom stereocenters. The van der Waals surface area contributed by atoms with Crippen molar-refractivity contribution in [3.63, 3.8) is 0 Å². The second-order valence-electron chi connectivity index (χ2n) is 4.93. The monoisotopic (exact) mass is 279 g/mol. The van der Waals surface area contributed by atoms with E-state index in [0.29, 0.717) is 12.8 Å². The highest BCUT2D eigenvalue weighted by molar-refractivity contribution is 7.89. The van der Waals surface area contributed by atoms with Gasteiger partial charge in [-0.25, -0.2) is 8.42 Å². The molecule has 0 heterocycles. The molecular formula is C11H21NO5S. The summed E-state index contributed by atoms with van der Waals surface area (Å²) in [6, 6.07) is 0. The molecule has 1 saturated carbocycles. The highest BCUT2D eigenvalue weighted by Crippen LogP contribution is 2.30. The van der Waals surface area contributed by atoms with E-state index in [4.69, 9.17) is 4.74 Å². The number of hydrogen-bond acceptors (Lipinski definition) is 4. The van der Waals surface area contributed by atoms with Gasteiger partial charge < -0.3 is 9.84 Å². The molecule has 1 aliphatic carbocycles. The Hall–Kier alpha value is -0.660. The van der Waals surface area contributed by atoms with Gasteiger partial charge in [0.05, 0.1) is 18.5 Å². The zero-order chi connectivity index (χ0) is 13.8. The third-order valence-electron chi connectivity index (χ3n) is 3.02. The predicted octanol–water partition coefficient (Wildman–Crippen LogP) is 0.728. The van der Waals surface area contributed by atoms with E-state index in [1.807, 2.05) is 13.8 Å². The smallest absolute Gasteiger partial charge is 0.324 e. The third-order valence-corrected chi connectivity index (χ3v) is 4.43. The van der Waals surface area contributed by atoms with Gasteiger partial charge in [0.15, 0.2) is 0 Å². The van der Waals surface area contributed by atoms with Crippen molar-refractivity contribution in [2.45, 2.75) is 51.2 Å². The molecule has 0 bridgehead atoms. The van der Waals surface area contributed by atoms with Crippen LogP contribution in [0.4, 0.5) is 0 Å². The van der Waals surface area contributed by atoms with Gasteiger partial charge in [-0.3, -0.25) is 4.79 Å². The fraction of sp³-hybridized carbons (Fsp3) is 0.909. The molecule has 0 aromatic rings. The second kappa shape index (κ2) is 5.99. The average molecular weight is 279 g/mol. The maximum absolute atomic E-state index is 11.8. The number of hydrogen-bond donors (Lipinski definition) is 2. The van der Waals surface area contributed by atoms with Crippen molar-refractivity contribution in [1.82, 2.24) is 4.72 Å². The van der Waals surface area contributed by atoms with Crippen LogP contribution >= 0.6 is 0 Å². The van der Waals surface area contributed by atoms with E-state index >= 15 is 0 Å². The molecule has 0 radical (unpaired) electrons. The van der Waals surface area contributed by atoms with Gasteiger partial charge in [0.25, 0.3) is 0 Å². The van der Waals surface area contributed by atoms with Crippen LogP contribution in [0.25, 0.3) is 0 Å².